The van der Waals surface area contributed by atoms with Gasteiger partial charge in [-0.25, -0.2) is 4.98 Å². The van der Waals surface area contributed by atoms with Gasteiger partial charge in [0, 0.05) is 35.9 Å². The molecule has 0 bridgehead atoms. The molecule has 1 aromatic heterocycles. The third kappa shape index (κ3) is 4.30. The number of hydrogen-bond acceptors (Lipinski definition) is 4. The van der Waals surface area contributed by atoms with Gasteiger partial charge >= 0.3 is 0 Å². The molecule has 2 amide bonds. The SMILES string of the molecule is Cc1ccc(-c2csc(NC(=O)C3CCN(C(=O)C(C)C)CC3)n2)cc1. The molecule has 3 rings (SSSR count). The van der Waals surface area contributed by atoms with Crippen molar-refractivity contribution in [1.82, 2.24) is 9.88 Å². The van der Waals surface area contributed by atoms with Crippen molar-refractivity contribution >= 4 is 28.3 Å². The van der Waals surface area contributed by atoms with Crippen molar-refractivity contribution in [1.29, 1.82) is 0 Å². The van der Waals surface area contributed by atoms with Gasteiger partial charge in [-0.3, -0.25) is 9.59 Å². The lowest BCUT2D eigenvalue weighted by molar-refractivity contribution is -0.137. The van der Waals surface area contributed by atoms with Crippen molar-refractivity contribution in [2.75, 3.05) is 18.4 Å². The zero-order valence-electron chi connectivity index (χ0n) is 15.5. The molecule has 138 valence electrons. The number of nitrogens with zero attached hydrogens (tertiary/aromatic N) is 2. The minimum Gasteiger partial charge on any atom is -0.342 e. The second-order valence-electron chi connectivity index (χ2n) is 7.15. The molecule has 0 spiro atoms. The molecule has 1 saturated heterocycles. The molecule has 1 aliphatic rings. The lowest BCUT2D eigenvalue weighted by Crippen LogP contribution is -2.43. The van der Waals surface area contributed by atoms with Gasteiger partial charge in [-0.1, -0.05) is 43.7 Å². The Kier molecular flexibility index (Phi) is 5.71. The fourth-order valence-corrected chi connectivity index (χ4v) is 3.85. The van der Waals surface area contributed by atoms with E-state index in [1.165, 1.54) is 16.9 Å². The van der Waals surface area contributed by atoms with Crippen LogP contribution in [-0.2, 0) is 9.59 Å². The number of nitrogens with one attached hydrogen (secondary N) is 1. The first-order valence-electron chi connectivity index (χ1n) is 9.06. The number of likely N-dealkylation sites (tertiary alicyclic amines) is 1. The van der Waals surface area contributed by atoms with E-state index in [4.69, 9.17) is 0 Å². The van der Waals surface area contributed by atoms with Crippen molar-refractivity contribution in [3.63, 3.8) is 0 Å². The van der Waals surface area contributed by atoms with Crippen molar-refractivity contribution in [3.05, 3.63) is 35.2 Å². The van der Waals surface area contributed by atoms with E-state index in [9.17, 15) is 9.59 Å². The molecule has 26 heavy (non-hydrogen) atoms. The maximum atomic E-state index is 12.5. The minimum atomic E-state index is -0.0575. The van der Waals surface area contributed by atoms with Crippen LogP contribution in [0.25, 0.3) is 11.3 Å². The molecule has 0 atom stereocenters. The summed E-state index contributed by atoms with van der Waals surface area (Å²) in [5.41, 5.74) is 3.13. The third-order valence-corrected chi connectivity index (χ3v) is 5.51. The van der Waals surface area contributed by atoms with Crippen molar-refractivity contribution in [2.24, 2.45) is 11.8 Å². The highest BCUT2D eigenvalue weighted by atomic mass is 32.1. The van der Waals surface area contributed by atoms with E-state index >= 15 is 0 Å². The van der Waals surface area contributed by atoms with Crippen molar-refractivity contribution < 1.29 is 9.59 Å². The van der Waals surface area contributed by atoms with E-state index < -0.39 is 0 Å². The Morgan fingerprint density at radius 2 is 1.85 bits per heavy atom. The molecule has 1 aliphatic heterocycles. The first kappa shape index (κ1) is 18.6. The van der Waals surface area contributed by atoms with Crippen molar-refractivity contribution in [2.45, 2.75) is 33.6 Å². The molecule has 5 nitrogen and oxygen atoms in total. The van der Waals surface area contributed by atoms with Crippen LogP contribution in [0.15, 0.2) is 29.6 Å². The fraction of sp³-hybridized carbons (Fsp3) is 0.450. The molecule has 0 radical (unpaired) electrons. The lowest BCUT2D eigenvalue weighted by atomic mass is 9.95. The number of rotatable bonds is 4. The molecule has 0 aliphatic carbocycles. The second kappa shape index (κ2) is 7.99. The van der Waals surface area contributed by atoms with Gasteiger partial charge in [0.15, 0.2) is 5.13 Å². The van der Waals surface area contributed by atoms with Crippen LogP contribution >= 0.6 is 11.3 Å². The quantitative estimate of drug-likeness (QED) is 0.885. The first-order valence-corrected chi connectivity index (χ1v) is 9.94. The van der Waals surface area contributed by atoms with E-state index in [2.05, 4.69) is 29.4 Å². The Hall–Kier alpha value is -2.21. The number of carbonyl (C=O) groups is 2. The predicted octanol–water partition coefficient (Wildman–Crippen LogP) is 3.95. The van der Waals surface area contributed by atoms with Gasteiger partial charge < -0.3 is 10.2 Å². The first-order chi connectivity index (χ1) is 12.4. The van der Waals surface area contributed by atoms with Gasteiger partial charge in [0.1, 0.15) is 0 Å². The summed E-state index contributed by atoms with van der Waals surface area (Å²) in [6.07, 6.45) is 1.42. The average Bonchev–Trinajstić information content (AvgIpc) is 3.10. The summed E-state index contributed by atoms with van der Waals surface area (Å²) in [6.45, 7) is 7.18. The molecule has 0 unspecified atom stereocenters. The van der Waals surface area contributed by atoms with Gasteiger partial charge in [-0.15, -0.1) is 11.3 Å². The fourth-order valence-electron chi connectivity index (χ4n) is 3.12. The number of benzene rings is 1. The van der Waals surface area contributed by atoms with Crippen LogP contribution in [0.1, 0.15) is 32.3 Å². The van der Waals surface area contributed by atoms with Gasteiger partial charge in [-0.05, 0) is 19.8 Å². The number of carbonyl (C=O) groups excluding carboxylic acids is 2. The highest BCUT2D eigenvalue weighted by molar-refractivity contribution is 7.14. The topological polar surface area (TPSA) is 62.3 Å². The average molecular weight is 372 g/mol. The largest absolute Gasteiger partial charge is 0.342 e. The van der Waals surface area contributed by atoms with Crippen LogP contribution in [0.5, 0.6) is 0 Å². The van der Waals surface area contributed by atoms with E-state index in [0.717, 1.165) is 11.3 Å². The molecule has 0 saturated carbocycles. The Balaban J connectivity index is 1.56. The molecular formula is C20H25N3O2S. The van der Waals surface area contributed by atoms with Gasteiger partial charge in [0.25, 0.3) is 0 Å². The van der Waals surface area contributed by atoms with Crippen LogP contribution < -0.4 is 5.32 Å². The summed E-state index contributed by atoms with van der Waals surface area (Å²) >= 11 is 1.44. The summed E-state index contributed by atoms with van der Waals surface area (Å²) in [7, 11) is 0. The molecule has 2 aromatic rings. The number of hydrogen-bond donors (Lipinski definition) is 1. The molecule has 1 aromatic carbocycles. The lowest BCUT2D eigenvalue weighted by Gasteiger charge is -2.32. The monoisotopic (exact) mass is 371 g/mol. The third-order valence-electron chi connectivity index (χ3n) is 4.75. The summed E-state index contributed by atoms with van der Waals surface area (Å²) in [5, 5.41) is 5.54. The Labute approximate surface area is 158 Å². The Morgan fingerprint density at radius 1 is 1.19 bits per heavy atom. The van der Waals surface area contributed by atoms with E-state index in [1.54, 1.807) is 0 Å². The normalized spacial score (nSPS) is 15.3. The highest BCUT2D eigenvalue weighted by Gasteiger charge is 2.28. The van der Waals surface area contributed by atoms with Gasteiger partial charge in [0.2, 0.25) is 11.8 Å². The van der Waals surface area contributed by atoms with Gasteiger partial charge in [0.05, 0.1) is 5.69 Å². The van der Waals surface area contributed by atoms with Crippen LogP contribution in [0, 0.1) is 18.8 Å². The summed E-state index contributed by atoms with van der Waals surface area (Å²) in [6, 6.07) is 8.19. The summed E-state index contributed by atoms with van der Waals surface area (Å²) in [5.74, 6) is 0.131. The van der Waals surface area contributed by atoms with Crippen LogP contribution in [0.2, 0.25) is 0 Å². The van der Waals surface area contributed by atoms with Crippen molar-refractivity contribution in [3.8, 4) is 11.3 Å². The van der Waals surface area contributed by atoms with E-state index in [1.807, 2.05) is 36.3 Å². The van der Waals surface area contributed by atoms with Crippen LogP contribution in [0.3, 0.4) is 0 Å². The number of aromatic nitrogens is 1. The molecule has 1 N–H and O–H groups in total. The number of amides is 2. The minimum absolute atomic E-state index is 0.00597. The zero-order valence-corrected chi connectivity index (χ0v) is 16.3. The standard InChI is InChI=1S/C20H25N3O2S/c1-13(2)19(25)23-10-8-16(9-11-23)18(24)22-20-21-17(12-26-20)15-6-4-14(3)5-7-15/h4-7,12-13,16H,8-11H2,1-3H3,(H,21,22,24). The summed E-state index contributed by atoms with van der Waals surface area (Å²) in [4.78, 5) is 31.0. The number of thiazole rings is 1. The molecule has 1 fully saturated rings. The zero-order chi connectivity index (χ0) is 18.7. The smallest absolute Gasteiger partial charge is 0.229 e. The highest BCUT2D eigenvalue weighted by Crippen LogP contribution is 2.26. The maximum Gasteiger partial charge on any atom is 0.229 e. The Bertz CT molecular complexity index is 775. The van der Waals surface area contributed by atoms with E-state index in [0.29, 0.717) is 31.1 Å². The number of piperidine rings is 1. The molecule has 2 heterocycles. The van der Waals surface area contributed by atoms with Crippen LogP contribution in [-0.4, -0.2) is 34.8 Å². The maximum absolute atomic E-state index is 12.5. The number of anilines is 1. The molecular weight excluding hydrogens is 346 g/mol. The number of aryl methyl sites for hydroxylation is 1. The van der Waals surface area contributed by atoms with E-state index in [-0.39, 0.29) is 23.7 Å². The van der Waals surface area contributed by atoms with Crippen LogP contribution in [0.4, 0.5) is 5.13 Å². The molecule has 6 heteroatoms. The predicted molar refractivity (Wildman–Crippen MR) is 105 cm³/mol. The Morgan fingerprint density at radius 3 is 2.46 bits per heavy atom. The van der Waals surface area contributed by atoms with Gasteiger partial charge in [-0.2, -0.15) is 0 Å². The second-order valence-corrected chi connectivity index (χ2v) is 8.01. The summed E-state index contributed by atoms with van der Waals surface area (Å²) < 4.78 is 0.